The molecule has 0 heterocycles. The molecule has 10 nitrogen and oxygen atoms in total. The lowest BCUT2D eigenvalue weighted by Gasteiger charge is -2.09. The Hall–Kier alpha value is -1.79. The molecule has 0 bridgehead atoms. The van der Waals surface area contributed by atoms with Gasteiger partial charge in [-0.1, -0.05) is 51.2 Å². The fourth-order valence-corrected chi connectivity index (χ4v) is 3.61. The van der Waals surface area contributed by atoms with Crippen molar-refractivity contribution in [2.24, 2.45) is 0 Å². The lowest BCUT2D eigenvalue weighted by Crippen LogP contribution is -2.16. The van der Waals surface area contributed by atoms with Gasteiger partial charge in [0.25, 0.3) is 0 Å². The lowest BCUT2D eigenvalue weighted by atomic mass is 10.0. The number of methoxy groups -OCH3 is 1. The van der Waals surface area contributed by atoms with Crippen LogP contribution in [0.4, 0.5) is 0 Å². The Bertz CT molecular complexity index is 686. The maximum absolute atomic E-state index is 10.9. The van der Waals surface area contributed by atoms with Gasteiger partial charge in [-0.15, -0.1) is 0 Å². The number of carbonyl (C=O) groups excluding carboxylic acids is 1. The highest BCUT2D eigenvalue weighted by Crippen LogP contribution is 2.15. The molecule has 0 aliphatic carbocycles. The van der Waals surface area contributed by atoms with E-state index in [4.69, 9.17) is 37.9 Å². The average Bonchev–Trinajstić information content (AvgIpc) is 2.99. The van der Waals surface area contributed by atoms with E-state index in [9.17, 15) is 4.79 Å². The smallest absolute Gasteiger partial charge is 0.331 e. The molecule has 1 rings (SSSR count). The number of esters is 1. The number of benzene rings is 1. The van der Waals surface area contributed by atoms with Gasteiger partial charge in [-0.2, -0.15) is 0 Å². The van der Waals surface area contributed by atoms with E-state index in [0.29, 0.717) is 92.5 Å². The molecule has 0 aromatic heterocycles. The predicted molar refractivity (Wildman–Crippen MR) is 157 cm³/mol. The predicted octanol–water partition coefficient (Wildman–Crippen LogP) is 4.26. The van der Waals surface area contributed by atoms with Crippen LogP contribution < -0.4 is 4.74 Å². The van der Waals surface area contributed by atoms with Crippen LogP contribution in [0.3, 0.4) is 0 Å². The van der Waals surface area contributed by atoms with Gasteiger partial charge in [0.05, 0.1) is 93.0 Å². The first-order chi connectivity index (χ1) is 20.3. The summed E-state index contributed by atoms with van der Waals surface area (Å²) in [7, 11) is 1.32. The van der Waals surface area contributed by atoms with Gasteiger partial charge in [0, 0.05) is 0 Å². The molecule has 0 fully saturated rings. The van der Waals surface area contributed by atoms with Gasteiger partial charge in [-0.25, -0.2) is 4.79 Å². The van der Waals surface area contributed by atoms with Crippen LogP contribution in [0, 0.1) is 0 Å². The first-order valence-corrected chi connectivity index (χ1v) is 15.1. The Labute approximate surface area is 247 Å². The number of rotatable bonds is 31. The Morgan fingerprint density at radius 1 is 0.537 bits per heavy atom. The maximum Gasteiger partial charge on any atom is 0.331 e. The summed E-state index contributed by atoms with van der Waals surface area (Å²) in [6.07, 6.45) is 9.08. The SMILES string of the molecule is CCCCCCCCc1ccc(OCCOCCOCCOCCOCCOCCOCCOCC(=O)OC)cc1. The molecule has 238 valence electrons. The quantitative estimate of drug-likeness (QED) is 0.0927. The Kier molecular flexibility index (Phi) is 27.0. The van der Waals surface area contributed by atoms with Crippen molar-refractivity contribution >= 4 is 5.97 Å². The van der Waals surface area contributed by atoms with E-state index in [1.807, 2.05) is 12.1 Å². The van der Waals surface area contributed by atoms with Crippen LogP contribution >= 0.6 is 0 Å². The second-order valence-corrected chi connectivity index (χ2v) is 9.31. The molecular formula is C31H54O10. The zero-order valence-corrected chi connectivity index (χ0v) is 25.4. The largest absolute Gasteiger partial charge is 0.491 e. The molecule has 0 aliphatic rings. The van der Waals surface area contributed by atoms with Crippen molar-refractivity contribution in [2.45, 2.75) is 51.9 Å². The molecule has 0 saturated carbocycles. The van der Waals surface area contributed by atoms with Crippen molar-refractivity contribution in [2.75, 3.05) is 106 Å². The Morgan fingerprint density at radius 2 is 0.951 bits per heavy atom. The molecule has 1 aromatic carbocycles. The van der Waals surface area contributed by atoms with Crippen molar-refractivity contribution < 1.29 is 47.4 Å². The van der Waals surface area contributed by atoms with Gasteiger partial charge >= 0.3 is 5.97 Å². The zero-order chi connectivity index (χ0) is 29.5. The first kappa shape index (κ1) is 37.2. The summed E-state index contributed by atoms with van der Waals surface area (Å²) < 4.78 is 48.0. The van der Waals surface area contributed by atoms with Gasteiger partial charge in [0.2, 0.25) is 0 Å². The fourth-order valence-electron chi connectivity index (χ4n) is 3.61. The number of carbonyl (C=O) groups is 1. The summed E-state index contributed by atoms with van der Waals surface area (Å²) in [4.78, 5) is 10.9. The highest BCUT2D eigenvalue weighted by atomic mass is 16.6. The minimum atomic E-state index is -0.402. The van der Waals surface area contributed by atoms with E-state index in [1.54, 1.807) is 0 Å². The Balaban J connectivity index is 1.75. The highest BCUT2D eigenvalue weighted by molar-refractivity contribution is 5.70. The van der Waals surface area contributed by atoms with E-state index >= 15 is 0 Å². The summed E-state index contributed by atoms with van der Waals surface area (Å²) in [5.74, 6) is 0.480. The molecule has 0 amide bonds. The topological polar surface area (TPSA) is 100 Å². The summed E-state index contributed by atoms with van der Waals surface area (Å²) in [6, 6.07) is 8.41. The van der Waals surface area contributed by atoms with Gasteiger partial charge in [0.1, 0.15) is 19.0 Å². The molecule has 0 N–H and O–H groups in total. The number of hydrogen-bond donors (Lipinski definition) is 0. The maximum atomic E-state index is 10.9. The number of hydrogen-bond acceptors (Lipinski definition) is 10. The monoisotopic (exact) mass is 586 g/mol. The number of ether oxygens (including phenoxy) is 9. The Morgan fingerprint density at radius 3 is 1.41 bits per heavy atom. The normalized spacial score (nSPS) is 11.2. The second-order valence-electron chi connectivity index (χ2n) is 9.31. The molecule has 0 atom stereocenters. The molecule has 1 aromatic rings. The number of unbranched alkanes of at least 4 members (excludes halogenated alkanes) is 5. The van der Waals surface area contributed by atoms with Crippen molar-refractivity contribution in [3.05, 3.63) is 29.8 Å². The van der Waals surface area contributed by atoms with E-state index in [-0.39, 0.29) is 6.61 Å². The molecule has 0 unspecified atom stereocenters. The van der Waals surface area contributed by atoms with Crippen LogP contribution in [0.1, 0.15) is 51.0 Å². The van der Waals surface area contributed by atoms with Gasteiger partial charge in [-0.3, -0.25) is 0 Å². The molecule has 41 heavy (non-hydrogen) atoms. The van der Waals surface area contributed by atoms with Crippen LogP contribution in [0.2, 0.25) is 0 Å². The summed E-state index contributed by atoms with van der Waals surface area (Å²) >= 11 is 0. The standard InChI is InChI=1S/C31H54O10/c1-3-4-5-6-7-8-9-29-10-12-30(13-11-29)41-27-26-39-23-22-37-19-18-35-15-14-34-16-17-36-20-21-38-24-25-40-28-31(32)33-2/h10-13H,3-9,14-28H2,1-2H3. The summed E-state index contributed by atoms with van der Waals surface area (Å²) in [5, 5.41) is 0. The van der Waals surface area contributed by atoms with Crippen molar-refractivity contribution in [1.29, 1.82) is 0 Å². The van der Waals surface area contributed by atoms with Crippen LogP contribution in [0.25, 0.3) is 0 Å². The number of aryl methyl sites for hydroxylation is 1. The van der Waals surface area contributed by atoms with Gasteiger partial charge in [-0.05, 0) is 30.5 Å². The highest BCUT2D eigenvalue weighted by Gasteiger charge is 2.00. The van der Waals surface area contributed by atoms with Crippen molar-refractivity contribution in [1.82, 2.24) is 0 Å². The molecule has 0 spiro atoms. The third-order valence-electron chi connectivity index (χ3n) is 5.92. The molecular weight excluding hydrogens is 532 g/mol. The summed E-state index contributed by atoms with van der Waals surface area (Å²) in [5.41, 5.74) is 1.38. The minimum Gasteiger partial charge on any atom is -0.491 e. The van der Waals surface area contributed by atoms with Crippen LogP contribution in [0.5, 0.6) is 5.75 Å². The lowest BCUT2D eigenvalue weighted by molar-refractivity contribution is -0.146. The van der Waals surface area contributed by atoms with Crippen LogP contribution in [0.15, 0.2) is 24.3 Å². The van der Waals surface area contributed by atoms with Gasteiger partial charge < -0.3 is 42.6 Å². The third kappa shape index (κ3) is 25.6. The van der Waals surface area contributed by atoms with E-state index in [1.165, 1.54) is 51.2 Å². The minimum absolute atomic E-state index is 0.0639. The molecule has 0 radical (unpaired) electrons. The van der Waals surface area contributed by atoms with Crippen LogP contribution in [-0.4, -0.2) is 112 Å². The first-order valence-electron chi connectivity index (χ1n) is 15.1. The van der Waals surface area contributed by atoms with E-state index < -0.39 is 5.97 Å². The van der Waals surface area contributed by atoms with Crippen molar-refractivity contribution in [3.63, 3.8) is 0 Å². The average molecular weight is 587 g/mol. The molecule has 10 heteroatoms. The van der Waals surface area contributed by atoms with E-state index in [2.05, 4.69) is 23.8 Å². The molecule has 0 saturated heterocycles. The zero-order valence-electron chi connectivity index (χ0n) is 25.4. The third-order valence-corrected chi connectivity index (χ3v) is 5.92. The van der Waals surface area contributed by atoms with Crippen molar-refractivity contribution in [3.8, 4) is 5.75 Å². The van der Waals surface area contributed by atoms with E-state index in [0.717, 1.165) is 12.2 Å². The molecule has 0 aliphatic heterocycles. The van der Waals surface area contributed by atoms with Gasteiger partial charge in [0.15, 0.2) is 0 Å². The summed E-state index contributed by atoms with van der Waals surface area (Å²) in [6.45, 7) is 8.96. The second kappa shape index (κ2) is 29.7. The fraction of sp³-hybridized carbons (Fsp3) is 0.774. The van der Waals surface area contributed by atoms with Crippen LogP contribution in [-0.2, 0) is 49.1 Å².